The van der Waals surface area contributed by atoms with Crippen LogP contribution >= 0.6 is 34.0 Å². The second kappa shape index (κ2) is 18.9. The highest BCUT2D eigenvalue weighted by atomic mass is 32.1. The van der Waals surface area contributed by atoms with E-state index in [9.17, 15) is 0 Å². The Kier molecular flexibility index (Phi) is 10.8. The number of nitrogens with zero attached hydrogens (tertiary/aromatic N) is 3. The van der Waals surface area contributed by atoms with Crippen LogP contribution in [0.25, 0.3) is 121 Å². The van der Waals surface area contributed by atoms with Crippen molar-refractivity contribution in [2.45, 2.75) is 0 Å². The Balaban J connectivity index is 0.922. The summed E-state index contributed by atoms with van der Waals surface area (Å²) in [5, 5.41) is 12.6. The van der Waals surface area contributed by atoms with Crippen molar-refractivity contribution in [2.24, 2.45) is 0 Å². The fraction of sp³-hybridized carbons (Fsp3) is 0. The van der Waals surface area contributed by atoms with Crippen molar-refractivity contribution in [3.63, 3.8) is 0 Å². The van der Waals surface area contributed by atoms with Crippen LogP contribution in [-0.2, 0) is 0 Å². The van der Waals surface area contributed by atoms with Crippen molar-refractivity contribution in [1.82, 2.24) is 4.57 Å². The second-order valence-electron chi connectivity index (χ2n) is 21.2. The lowest BCUT2D eigenvalue weighted by Gasteiger charge is -2.30. The second-order valence-corrected chi connectivity index (χ2v) is 24.5. The van der Waals surface area contributed by atoms with Gasteiger partial charge in [0.15, 0.2) is 0 Å². The first-order valence-electron chi connectivity index (χ1n) is 27.8. The zero-order valence-electron chi connectivity index (χ0n) is 44.2. The lowest BCUT2D eigenvalue weighted by atomic mass is 9.99. The van der Waals surface area contributed by atoms with E-state index in [1.807, 2.05) is 34.0 Å². The number of hydrogen-bond acceptors (Lipinski definition) is 5. The molecule has 0 saturated carbocycles. The molecule has 0 unspecified atom stereocenters. The highest BCUT2D eigenvalue weighted by Crippen LogP contribution is 2.48. The van der Waals surface area contributed by atoms with E-state index in [2.05, 4.69) is 299 Å². The normalized spacial score (nSPS) is 11.9. The molecule has 0 atom stereocenters. The molecule has 0 bridgehead atoms. The summed E-state index contributed by atoms with van der Waals surface area (Å²) in [5.74, 6) is 0. The molecule has 17 aromatic rings. The Morgan fingerprint density at radius 1 is 0.232 bits per heavy atom. The van der Waals surface area contributed by atoms with E-state index in [0.717, 1.165) is 56.5 Å². The first-order valence-corrected chi connectivity index (χ1v) is 30.2. The topological polar surface area (TPSA) is 11.4 Å². The minimum atomic E-state index is 1.06. The number of rotatable bonds is 9. The molecule has 6 heteroatoms. The molecular weight excluding hydrogens is 1050 g/mol. The number of fused-ring (bicyclic) bond motifs is 14. The Labute approximate surface area is 485 Å². The van der Waals surface area contributed by atoms with E-state index >= 15 is 0 Å². The minimum absolute atomic E-state index is 1.06. The summed E-state index contributed by atoms with van der Waals surface area (Å²) in [7, 11) is 0. The zero-order chi connectivity index (χ0) is 53.8. The average Bonchev–Trinajstić information content (AvgIpc) is 3.74. The van der Waals surface area contributed by atoms with Crippen LogP contribution in [0.15, 0.2) is 285 Å². The summed E-state index contributed by atoms with van der Waals surface area (Å²) in [6, 6.07) is 106. The maximum absolute atomic E-state index is 2.49. The average molecular weight is 1100 g/mol. The third-order valence-electron chi connectivity index (χ3n) is 16.5. The van der Waals surface area contributed by atoms with E-state index in [4.69, 9.17) is 0 Å². The number of aromatic nitrogens is 1. The molecule has 0 N–H and O–H groups in total. The van der Waals surface area contributed by atoms with Crippen LogP contribution in [0.5, 0.6) is 0 Å². The lowest BCUT2D eigenvalue weighted by Crippen LogP contribution is -2.13. The maximum atomic E-state index is 2.49. The largest absolute Gasteiger partial charge is 0.310 e. The molecule has 4 aromatic heterocycles. The molecule has 0 aliphatic carbocycles. The van der Waals surface area contributed by atoms with E-state index in [1.54, 1.807) is 0 Å². The van der Waals surface area contributed by atoms with Gasteiger partial charge in [0.2, 0.25) is 0 Å². The van der Waals surface area contributed by atoms with Crippen LogP contribution in [0.4, 0.5) is 34.1 Å². The summed E-state index contributed by atoms with van der Waals surface area (Å²) < 4.78 is 10.3. The zero-order valence-corrected chi connectivity index (χ0v) is 46.7. The van der Waals surface area contributed by atoms with Gasteiger partial charge in [-0.2, -0.15) is 0 Å². The van der Waals surface area contributed by atoms with Gasteiger partial charge in [0.1, 0.15) is 0 Å². The third-order valence-corrected chi connectivity index (χ3v) is 20.0. The van der Waals surface area contributed by atoms with Gasteiger partial charge in [0.25, 0.3) is 0 Å². The van der Waals surface area contributed by atoms with Gasteiger partial charge in [-0.3, -0.25) is 0 Å². The Morgan fingerprint density at radius 3 is 1.32 bits per heavy atom. The minimum Gasteiger partial charge on any atom is -0.310 e. The molecule has 384 valence electrons. The van der Waals surface area contributed by atoms with Crippen LogP contribution in [0, 0.1) is 0 Å². The van der Waals surface area contributed by atoms with Gasteiger partial charge in [-0.1, -0.05) is 152 Å². The molecule has 0 saturated heterocycles. The van der Waals surface area contributed by atoms with E-state index in [0.29, 0.717) is 0 Å². The molecule has 17 rings (SSSR count). The number of para-hydroxylation sites is 2. The molecule has 0 radical (unpaired) electrons. The smallest absolute Gasteiger partial charge is 0.0547 e. The number of anilines is 6. The summed E-state index contributed by atoms with van der Waals surface area (Å²) in [5.41, 5.74) is 14.6. The first-order chi connectivity index (χ1) is 40.6. The summed E-state index contributed by atoms with van der Waals surface area (Å²) in [4.78, 5) is 4.89. The summed E-state index contributed by atoms with van der Waals surface area (Å²) >= 11 is 5.60. The molecule has 13 aromatic carbocycles. The molecule has 0 aliphatic heterocycles. The third kappa shape index (κ3) is 7.68. The van der Waals surface area contributed by atoms with Crippen molar-refractivity contribution >= 4 is 161 Å². The quantitative estimate of drug-likeness (QED) is 0.143. The fourth-order valence-electron chi connectivity index (χ4n) is 12.7. The maximum Gasteiger partial charge on any atom is 0.0547 e. The van der Waals surface area contributed by atoms with Crippen LogP contribution in [0.2, 0.25) is 0 Å². The highest BCUT2D eigenvalue weighted by Gasteiger charge is 2.23. The predicted molar refractivity (Wildman–Crippen MR) is 357 cm³/mol. The molecule has 3 nitrogen and oxygen atoms in total. The Morgan fingerprint density at radius 2 is 0.720 bits per heavy atom. The van der Waals surface area contributed by atoms with Crippen molar-refractivity contribution < 1.29 is 0 Å². The summed E-state index contributed by atoms with van der Waals surface area (Å²) in [6.07, 6.45) is 0. The van der Waals surface area contributed by atoms with E-state index < -0.39 is 0 Å². The van der Waals surface area contributed by atoms with Crippen LogP contribution in [0.1, 0.15) is 0 Å². The molecular formula is C76H47N3S3. The highest BCUT2D eigenvalue weighted by molar-refractivity contribution is 7.27. The first kappa shape index (κ1) is 47.0. The Hall–Kier alpha value is -9.82. The van der Waals surface area contributed by atoms with Crippen LogP contribution in [0.3, 0.4) is 0 Å². The van der Waals surface area contributed by atoms with Crippen molar-refractivity contribution in [3.8, 4) is 27.9 Å². The van der Waals surface area contributed by atoms with E-state index in [-0.39, 0.29) is 0 Å². The number of thiophene rings is 3. The van der Waals surface area contributed by atoms with Gasteiger partial charge in [-0.25, -0.2) is 0 Å². The predicted octanol–water partition coefficient (Wildman–Crippen LogP) is 23.3. The Bertz CT molecular complexity index is 5170. The van der Waals surface area contributed by atoms with Gasteiger partial charge in [0, 0.05) is 116 Å². The van der Waals surface area contributed by atoms with Crippen molar-refractivity contribution in [3.05, 3.63) is 285 Å². The SMILES string of the molecule is c1ccc(-c2ccc(-n3c4ccc(-c5cc(N(c6ccccc6)c6ccc7sc8ccccc8c7c6)cc(N(c6ccccc6)c6ccc7sc8ccccc8c7c6)c5)cc4c4cc5ccc6c7ccccc7sc6c5cc43)cc2)cc1. The molecule has 0 amide bonds. The fourth-order valence-corrected chi connectivity index (χ4v) is 16.1. The van der Waals surface area contributed by atoms with Gasteiger partial charge in [-0.15, -0.1) is 34.0 Å². The number of hydrogen-bond donors (Lipinski definition) is 0. The van der Waals surface area contributed by atoms with Gasteiger partial charge < -0.3 is 14.4 Å². The standard InChI is InChI=1S/C76H47N3S3/c1-4-16-48(17-5-1)49-28-32-55(33-29-49)79-69-37-31-50(42-65(69)66-43-51-30-36-63-60-22-10-15-27-73(60)82-76(63)64(51)47-70(66)79)52-40-58(77(53-18-6-2-7-19-53)56-34-38-74-67(45-56)61-23-11-13-25-71(61)80-74)44-59(41-52)78(54-20-8-3-9-21-54)57-35-39-75-68(46-57)62-24-12-14-26-72(62)81-75/h1-47H. The van der Waals surface area contributed by atoms with Gasteiger partial charge >= 0.3 is 0 Å². The molecule has 4 heterocycles. The monoisotopic (exact) mass is 1100 g/mol. The lowest BCUT2D eigenvalue weighted by molar-refractivity contribution is 1.18. The number of benzene rings is 13. The van der Waals surface area contributed by atoms with Crippen LogP contribution < -0.4 is 9.80 Å². The van der Waals surface area contributed by atoms with Gasteiger partial charge in [0.05, 0.1) is 11.0 Å². The van der Waals surface area contributed by atoms with Crippen molar-refractivity contribution in [1.29, 1.82) is 0 Å². The molecule has 0 spiro atoms. The van der Waals surface area contributed by atoms with Crippen LogP contribution in [-0.4, -0.2) is 4.57 Å². The van der Waals surface area contributed by atoms with Gasteiger partial charge in [-0.05, 0) is 161 Å². The van der Waals surface area contributed by atoms with Crippen molar-refractivity contribution in [2.75, 3.05) is 9.80 Å². The van der Waals surface area contributed by atoms with E-state index in [1.165, 1.54) is 98.7 Å². The molecule has 82 heavy (non-hydrogen) atoms. The molecule has 0 fully saturated rings. The summed E-state index contributed by atoms with van der Waals surface area (Å²) in [6.45, 7) is 0. The molecule has 0 aliphatic rings.